The average molecular weight is 277 g/mol. The number of fused-ring (bicyclic) bond motifs is 1. The van der Waals surface area contributed by atoms with Gasteiger partial charge in [-0.15, -0.1) is 0 Å². The first-order chi connectivity index (χ1) is 9.66. The van der Waals surface area contributed by atoms with E-state index in [4.69, 9.17) is 9.84 Å². The summed E-state index contributed by atoms with van der Waals surface area (Å²) in [7, 11) is 0. The highest BCUT2D eigenvalue weighted by Crippen LogP contribution is 2.32. The molecule has 2 unspecified atom stereocenters. The smallest absolute Gasteiger partial charge is 0.303 e. The molecule has 0 radical (unpaired) electrons. The first-order valence-corrected chi connectivity index (χ1v) is 7.31. The normalized spacial score (nSPS) is 18.4. The fourth-order valence-corrected chi connectivity index (χ4v) is 2.54. The Labute approximate surface area is 120 Å². The number of carbonyl (C=O) groups is 1. The highest BCUT2D eigenvalue weighted by molar-refractivity contribution is 5.66. The van der Waals surface area contributed by atoms with Crippen molar-refractivity contribution < 1.29 is 14.6 Å². The quantitative estimate of drug-likeness (QED) is 0.717. The van der Waals surface area contributed by atoms with Crippen LogP contribution >= 0.6 is 0 Å². The van der Waals surface area contributed by atoms with Crippen LogP contribution in [0, 0.1) is 5.92 Å². The second-order valence-corrected chi connectivity index (χ2v) is 5.58. The number of benzene rings is 1. The molecule has 1 aromatic carbocycles. The molecule has 4 nitrogen and oxygen atoms in total. The van der Waals surface area contributed by atoms with E-state index in [0.29, 0.717) is 11.8 Å². The van der Waals surface area contributed by atoms with E-state index in [9.17, 15) is 4.79 Å². The van der Waals surface area contributed by atoms with Gasteiger partial charge in [0.15, 0.2) is 0 Å². The van der Waals surface area contributed by atoms with Crippen molar-refractivity contribution >= 4 is 5.97 Å². The zero-order valence-electron chi connectivity index (χ0n) is 12.0. The van der Waals surface area contributed by atoms with Crippen molar-refractivity contribution in [2.24, 2.45) is 5.92 Å². The second kappa shape index (κ2) is 7.29. The van der Waals surface area contributed by atoms with Gasteiger partial charge in [-0.3, -0.25) is 4.79 Å². The van der Waals surface area contributed by atoms with Gasteiger partial charge in [0.25, 0.3) is 0 Å². The van der Waals surface area contributed by atoms with E-state index in [1.54, 1.807) is 0 Å². The molecule has 0 saturated heterocycles. The molecule has 0 fully saturated rings. The van der Waals surface area contributed by atoms with Crippen molar-refractivity contribution in [2.75, 3.05) is 19.7 Å². The third kappa shape index (κ3) is 4.23. The Balaban J connectivity index is 1.64. The summed E-state index contributed by atoms with van der Waals surface area (Å²) < 4.78 is 5.65. The summed E-state index contributed by atoms with van der Waals surface area (Å²) in [6.07, 6.45) is 2.04. The minimum absolute atomic E-state index is 0.269. The third-order valence-electron chi connectivity index (χ3n) is 3.85. The largest absolute Gasteiger partial charge is 0.493 e. The Morgan fingerprint density at radius 2 is 2.25 bits per heavy atom. The lowest BCUT2D eigenvalue weighted by Gasteiger charge is -2.13. The molecule has 20 heavy (non-hydrogen) atoms. The number of carboxylic acids is 1. The fourth-order valence-electron chi connectivity index (χ4n) is 2.54. The van der Waals surface area contributed by atoms with Gasteiger partial charge in [0.2, 0.25) is 0 Å². The molecule has 2 atom stereocenters. The third-order valence-corrected chi connectivity index (χ3v) is 3.85. The molecule has 1 heterocycles. The molecule has 2 rings (SSSR count). The first kappa shape index (κ1) is 14.9. The zero-order valence-corrected chi connectivity index (χ0v) is 12.0. The SMILES string of the molecule is CC(CCNCC1COc2ccccc21)CCC(=O)O. The maximum atomic E-state index is 10.5. The number of ether oxygens (including phenoxy) is 1. The second-order valence-electron chi connectivity index (χ2n) is 5.58. The predicted molar refractivity (Wildman–Crippen MR) is 78.2 cm³/mol. The molecule has 4 heteroatoms. The summed E-state index contributed by atoms with van der Waals surface area (Å²) in [6, 6.07) is 8.20. The van der Waals surface area contributed by atoms with E-state index in [0.717, 1.165) is 38.3 Å². The van der Waals surface area contributed by atoms with Crippen LogP contribution in [0.25, 0.3) is 0 Å². The van der Waals surface area contributed by atoms with Gasteiger partial charge in [0, 0.05) is 24.4 Å². The van der Waals surface area contributed by atoms with Crippen LogP contribution in [0.3, 0.4) is 0 Å². The van der Waals surface area contributed by atoms with Gasteiger partial charge in [-0.1, -0.05) is 25.1 Å². The Morgan fingerprint density at radius 3 is 3.05 bits per heavy atom. The van der Waals surface area contributed by atoms with E-state index >= 15 is 0 Å². The first-order valence-electron chi connectivity index (χ1n) is 7.31. The standard InChI is InChI=1S/C16H23NO3/c1-12(6-7-16(18)19)8-9-17-10-13-11-20-15-5-3-2-4-14(13)15/h2-5,12-13,17H,6-11H2,1H3,(H,18,19). The van der Waals surface area contributed by atoms with Crippen LogP contribution in [0.2, 0.25) is 0 Å². The van der Waals surface area contributed by atoms with Gasteiger partial charge in [0.05, 0.1) is 6.61 Å². The van der Waals surface area contributed by atoms with Crippen LogP contribution in [0.5, 0.6) is 5.75 Å². The van der Waals surface area contributed by atoms with Crippen LogP contribution in [0.15, 0.2) is 24.3 Å². The van der Waals surface area contributed by atoms with Gasteiger partial charge in [0.1, 0.15) is 5.75 Å². The number of nitrogens with one attached hydrogen (secondary N) is 1. The Morgan fingerprint density at radius 1 is 1.45 bits per heavy atom. The van der Waals surface area contributed by atoms with Crippen LogP contribution < -0.4 is 10.1 Å². The summed E-state index contributed by atoms with van der Waals surface area (Å²) in [5, 5.41) is 12.1. The summed E-state index contributed by atoms with van der Waals surface area (Å²) in [5.41, 5.74) is 1.29. The highest BCUT2D eigenvalue weighted by atomic mass is 16.5. The minimum Gasteiger partial charge on any atom is -0.493 e. The number of para-hydroxylation sites is 1. The zero-order chi connectivity index (χ0) is 14.4. The maximum Gasteiger partial charge on any atom is 0.303 e. The molecule has 1 aliphatic heterocycles. The monoisotopic (exact) mass is 277 g/mol. The van der Waals surface area contributed by atoms with Crippen LogP contribution in [-0.2, 0) is 4.79 Å². The molecule has 110 valence electrons. The van der Waals surface area contributed by atoms with Gasteiger partial charge < -0.3 is 15.2 Å². The van der Waals surface area contributed by atoms with Crippen LogP contribution in [0.1, 0.15) is 37.7 Å². The number of carboxylic acid groups (broad SMARTS) is 1. The van der Waals surface area contributed by atoms with Gasteiger partial charge >= 0.3 is 5.97 Å². The lowest BCUT2D eigenvalue weighted by Crippen LogP contribution is -2.24. The number of hydrogen-bond acceptors (Lipinski definition) is 3. The summed E-state index contributed by atoms with van der Waals surface area (Å²) in [6.45, 7) is 4.71. The summed E-state index contributed by atoms with van der Waals surface area (Å²) >= 11 is 0. The topological polar surface area (TPSA) is 58.6 Å². The highest BCUT2D eigenvalue weighted by Gasteiger charge is 2.22. The van der Waals surface area contributed by atoms with E-state index in [1.807, 2.05) is 12.1 Å². The summed E-state index contributed by atoms with van der Waals surface area (Å²) in [4.78, 5) is 10.5. The lowest BCUT2D eigenvalue weighted by molar-refractivity contribution is -0.137. The molecule has 2 N–H and O–H groups in total. The van der Waals surface area contributed by atoms with Crippen LogP contribution in [0.4, 0.5) is 0 Å². The van der Waals surface area contributed by atoms with E-state index < -0.39 is 5.97 Å². The minimum atomic E-state index is -0.704. The molecule has 0 aliphatic carbocycles. The molecule has 1 aromatic rings. The Bertz CT molecular complexity index is 447. The number of rotatable bonds is 8. The molecule has 0 spiro atoms. The van der Waals surface area contributed by atoms with Gasteiger partial charge in [-0.25, -0.2) is 0 Å². The average Bonchev–Trinajstić information content (AvgIpc) is 2.85. The molecule has 0 amide bonds. The van der Waals surface area contributed by atoms with Crippen molar-refractivity contribution in [2.45, 2.75) is 32.1 Å². The molecule has 0 saturated carbocycles. The molecular formula is C16H23NO3. The number of hydrogen-bond donors (Lipinski definition) is 2. The van der Waals surface area contributed by atoms with Crippen LogP contribution in [-0.4, -0.2) is 30.8 Å². The molecule has 0 bridgehead atoms. The predicted octanol–water partition coefficient (Wildman–Crippen LogP) is 2.64. The number of aliphatic carboxylic acids is 1. The van der Waals surface area contributed by atoms with Crippen molar-refractivity contribution in [1.29, 1.82) is 0 Å². The maximum absolute atomic E-state index is 10.5. The van der Waals surface area contributed by atoms with Gasteiger partial charge in [-0.05, 0) is 31.4 Å². The molecular weight excluding hydrogens is 254 g/mol. The van der Waals surface area contributed by atoms with E-state index in [2.05, 4.69) is 24.4 Å². The Hall–Kier alpha value is -1.55. The van der Waals surface area contributed by atoms with Crippen molar-refractivity contribution in [3.05, 3.63) is 29.8 Å². The van der Waals surface area contributed by atoms with Gasteiger partial charge in [-0.2, -0.15) is 0 Å². The Kier molecular flexibility index (Phi) is 5.41. The van der Waals surface area contributed by atoms with Crippen molar-refractivity contribution in [3.63, 3.8) is 0 Å². The van der Waals surface area contributed by atoms with E-state index in [-0.39, 0.29) is 6.42 Å². The van der Waals surface area contributed by atoms with E-state index in [1.165, 1.54) is 5.56 Å². The van der Waals surface area contributed by atoms with Crippen molar-refractivity contribution in [1.82, 2.24) is 5.32 Å². The summed E-state index contributed by atoms with van der Waals surface area (Å²) in [5.74, 6) is 1.19. The molecule has 1 aliphatic rings. The fraction of sp³-hybridized carbons (Fsp3) is 0.562. The van der Waals surface area contributed by atoms with Crippen molar-refractivity contribution in [3.8, 4) is 5.75 Å². The molecule has 0 aromatic heterocycles. The lowest BCUT2D eigenvalue weighted by atomic mass is 10.00.